The number of hydrogen-bond donors (Lipinski definition) is 2. The molecule has 0 saturated heterocycles. The minimum Gasteiger partial charge on any atom is -0.465 e. The van der Waals surface area contributed by atoms with Crippen LogP contribution < -0.4 is 9.46 Å². The fraction of sp³-hybridized carbons (Fsp3) is 0.700. The molecule has 0 unspecified atom stereocenters. The van der Waals surface area contributed by atoms with Gasteiger partial charge >= 0.3 is 15.5 Å². The molecule has 0 fully saturated rings. The first-order valence-corrected chi connectivity index (χ1v) is 7.49. The fourth-order valence-corrected chi connectivity index (χ4v) is 1.94. The molecule has 0 aliphatic rings. The molecule has 0 saturated carbocycles. The molecule has 1 rings (SSSR count). The maximum atomic E-state index is 12.0. The van der Waals surface area contributed by atoms with Crippen molar-refractivity contribution < 1.29 is 26.3 Å². The maximum Gasteiger partial charge on any atom is 0.511 e. The maximum absolute atomic E-state index is 12.0. The van der Waals surface area contributed by atoms with Crippen molar-refractivity contribution in [2.75, 3.05) is 13.2 Å². The van der Waals surface area contributed by atoms with Gasteiger partial charge in [0.25, 0.3) is 6.01 Å². The molecule has 0 atom stereocenters. The monoisotopic (exact) mass is 315 g/mol. The number of halogens is 3. The van der Waals surface area contributed by atoms with Crippen LogP contribution in [-0.4, -0.2) is 37.0 Å². The molecule has 116 valence electrons. The highest BCUT2D eigenvalue weighted by Gasteiger charge is 2.45. The van der Waals surface area contributed by atoms with Gasteiger partial charge in [0.15, 0.2) is 0 Å². The molecule has 1 aromatic rings. The van der Waals surface area contributed by atoms with Crippen LogP contribution in [0.25, 0.3) is 0 Å². The van der Waals surface area contributed by atoms with Gasteiger partial charge in [-0.25, -0.2) is 18.1 Å². The number of aromatic nitrogens is 2. The van der Waals surface area contributed by atoms with E-state index < -0.39 is 15.5 Å². The number of unbranched alkanes of at least 4 members (excludes halogenated alkanes) is 3. The number of alkyl halides is 3. The van der Waals surface area contributed by atoms with Crippen molar-refractivity contribution in [2.45, 2.75) is 31.2 Å². The Morgan fingerprint density at radius 2 is 1.95 bits per heavy atom. The van der Waals surface area contributed by atoms with Gasteiger partial charge in [0.05, 0.1) is 6.61 Å². The van der Waals surface area contributed by atoms with Gasteiger partial charge in [-0.15, -0.1) is 0 Å². The van der Waals surface area contributed by atoms with Gasteiger partial charge in [-0.3, -0.25) is 0 Å². The van der Waals surface area contributed by atoms with Crippen LogP contribution in [0.3, 0.4) is 0 Å². The molecule has 0 aromatic carbocycles. The van der Waals surface area contributed by atoms with Crippen LogP contribution in [0.2, 0.25) is 0 Å². The van der Waals surface area contributed by atoms with E-state index in [9.17, 15) is 21.6 Å². The van der Waals surface area contributed by atoms with Crippen molar-refractivity contribution in [3.05, 3.63) is 12.4 Å². The molecule has 0 radical (unpaired) electrons. The summed E-state index contributed by atoms with van der Waals surface area (Å²) in [6, 6.07) is 0.419. The lowest BCUT2D eigenvalue weighted by Gasteiger charge is -2.09. The first kappa shape index (κ1) is 16.8. The van der Waals surface area contributed by atoms with Gasteiger partial charge in [0.1, 0.15) is 0 Å². The lowest BCUT2D eigenvalue weighted by Crippen LogP contribution is -2.36. The zero-order valence-corrected chi connectivity index (χ0v) is 11.4. The second-order valence-corrected chi connectivity index (χ2v) is 5.76. The quantitative estimate of drug-likeness (QED) is 0.680. The Labute approximate surface area is 114 Å². The van der Waals surface area contributed by atoms with E-state index in [4.69, 9.17) is 4.74 Å². The number of hydrogen-bond acceptors (Lipinski definition) is 4. The van der Waals surface area contributed by atoms with Crippen molar-refractivity contribution in [3.63, 3.8) is 0 Å². The summed E-state index contributed by atoms with van der Waals surface area (Å²) < 4.78 is 63.9. The van der Waals surface area contributed by atoms with Gasteiger partial charge in [0.2, 0.25) is 0 Å². The summed E-state index contributed by atoms with van der Waals surface area (Å²) >= 11 is 0. The Morgan fingerprint density at radius 3 is 2.55 bits per heavy atom. The highest BCUT2D eigenvalue weighted by Crippen LogP contribution is 2.21. The smallest absolute Gasteiger partial charge is 0.465 e. The SMILES string of the molecule is O=S(=O)(NCCCCCCOc1ncc[nH]1)C(F)(F)F. The van der Waals surface area contributed by atoms with Crippen molar-refractivity contribution in [3.8, 4) is 6.01 Å². The van der Waals surface area contributed by atoms with Crippen molar-refractivity contribution >= 4 is 10.0 Å². The number of ether oxygens (including phenoxy) is 1. The van der Waals surface area contributed by atoms with Gasteiger partial charge < -0.3 is 9.72 Å². The predicted molar refractivity (Wildman–Crippen MR) is 65.5 cm³/mol. The second kappa shape index (κ2) is 7.48. The lowest BCUT2D eigenvalue weighted by molar-refractivity contribution is -0.0447. The molecule has 10 heteroatoms. The number of nitrogens with one attached hydrogen (secondary N) is 2. The predicted octanol–water partition coefficient (Wildman–Crippen LogP) is 1.79. The highest BCUT2D eigenvalue weighted by molar-refractivity contribution is 7.90. The number of rotatable bonds is 9. The number of H-pyrrole nitrogens is 1. The van der Waals surface area contributed by atoms with Crippen LogP contribution in [0.15, 0.2) is 12.4 Å². The number of nitrogens with zero attached hydrogens (tertiary/aromatic N) is 1. The van der Waals surface area contributed by atoms with Crippen LogP contribution in [0.5, 0.6) is 6.01 Å². The average molecular weight is 315 g/mol. The number of aromatic amines is 1. The van der Waals surface area contributed by atoms with Crippen LogP contribution >= 0.6 is 0 Å². The Morgan fingerprint density at radius 1 is 1.25 bits per heavy atom. The first-order valence-electron chi connectivity index (χ1n) is 6.01. The zero-order chi connectivity index (χ0) is 15.1. The van der Waals surface area contributed by atoms with E-state index in [1.807, 2.05) is 0 Å². The summed E-state index contributed by atoms with van der Waals surface area (Å²) in [5, 5.41) is 0. The molecule has 1 heterocycles. The Hall–Kier alpha value is -1.29. The van der Waals surface area contributed by atoms with E-state index in [2.05, 4.69) is 9.97 Å². The minimum absolute atomic E-state index is 0.221. The minimum atomic E-state index is -5.25. The van der Waals surface area contributed by atoms with E-state index in [1.54, 1.807) is 12.4 Å². The number of imidazole rings is 1. The summed E-state index contributed by atoms with van der Waals surface area (Å²) in [6.07, 6.45) is 5.59. The number of sulfonamides is 1. The molecule has 20 heavy (non-hydrogen) atoms. The molecule has 0 bridgehead atoms. The highest BCUT2D eigenvalue weighted by atomic mass is 32.2. The molecule has 6 nitrogen and oxygen atoms in total. The van der Waals surface area contributed by atoms with Crippen LogP contribution in [0, 0.1) is 0 Å². The molecular weight excluding hydrogens is 299 g/mol. The molecular formula is C10H16F3N3O3S. The summed E-state index contributed by atoms with van der Waals surface area (Å²) in [4.78, 5) is 6.61. The van der Waals surface area contributed by atoms with E-state index in [0.717, 1.165) is 6.42 Å². The topological polar surface area (TPSA) is 84.1 Å². The normalized spacial score (nSPS) is 12.6. The van der Waals surface area contributed by atoms with E-state index in [-0.39, 0.29) is 6.54 Å². The van der Waals surface area contributed by atoms with Crippen molar-refractivity contribution in [1.29, 1.82) is 0 Å². The summed E-state index contributed by atoms with van der Waals surface area (Å²) in [6.45, 7) is 0.225. The van der Waals surface area contributed by atoms with Crippen molar-refractivity contribution in [1.82, 2.24) is 14.7 Å². The van der Waals surface area contributed by atoms with Crippen molar-refractivity contribution in [2.24, 2.45) is 0 Å². The van der Waals surface area contributed by atoms with E-state index in [0.29, 0.717) is 31.9 Å². The van der Waals surface area contributed by atoms with E-state index in [1.165, 1.54) is 4.72 Å². The van der Waals surface area contributed by atoms with Crippen LogP contribution in [0.4, 0.5) is 13.2 Å². The Kier molecular flexibility index (Phi) is 6.27. The third kappa shape index (κ3) is 5.78. The lowest BCUT2D eigenvalue weighted by atomic mass is 10.2. The second-order valence-electron chi connectivity index (χ2n) is 4.00. The zero-order valence-electron chi connectivity index (χ0n) is 10.6. The third-order valence-corrected chi connectivity index (χ3v) is 3.57. The summed E-state index contributed by atoms with van der Waals surface area (Å²) in [7, 11) is -5.21. The van der Waals surface area contributed by atoms with Crippen LogP contribution in [-0.2, 0) is 10.0 Å². The molecule has 0 aliphatic heterocycles. The first-order chi connectivity index (χ1) is 9.33. The molecule has 0 spiro atoms. The van der Waals surface area contributed by atoms with Crippen LogP contribution in [0.1, 0.15) is 25.7 Å². The Bertz CT molecular complexity index is 474. The standard InChI is InChI=1S/C10H16F3N3O3S/c11-10(12,13)20(17,18)16-5-3-1-2-4-8-19-9-14-6-7-15-9/h6-7,16H,1-5,8H2,(H,14,15). The third-order valence-electron chi connectivity index (χ3n) is 2.38. The fourth-order valence-electron chi connectivity index (χ4n) is 1.37. The van der Waals surface area contributed by atoms with Gasteiger partial charge in [0, 0.05) is 18.9 Å². The van der Waals surface area contributed by atoms with Gasteiger partial charge in [-0.05, 0) is 12.8 Å². The molecule has 0 aliphatic carbocycles. The van der Waals surface area contributed by atoms with Gasteiger partial charge in [-0.1, -0.05) is 12.8 Å². The van der Waals surface area contributed by atoms with E-state index >= 15 is 0 Å². The average Bonchev–Trinajstić information content (AvgIpc) is 2.84. The largest absolute Gasteiger partial charge is 0.511 e. The molecule has 1 aromatic heterocycles. The molecule has 0 amide bonds. The Balaban J connectivity index is 2.00. The summed E-state index contributed by atoms with van der Waals surface area (Å²) in [5.41, 5.74) is -5.25. The van der Waals surface area contributed by atoms with Gasteiger partial charge in [-0.2, -0.15) is 13.2 Å². The molecule has 2 N–H and O–H groups in total. The summed E-state index contributed by atoms with van der Waals surface area (Å²) in [5.74, 6) is 0.